The number of rotatable bonds is 1. The topological polar surface area (TPSA) is 12.9 Å². The van der Waals surface area contributed by atoms with E-state index >= 15 is 0 Å². The molecule has 44 valence electrons. The predicted molar refractivity (Wildman–Crippen MR) is 31.7 cm³/mol. The molecule has 0 spiro atoms. The van der Waals surface area contributed by atoms with Crippen LogP contribution in [0.25, 0.3) is 0 Å². The zero-order valence-electron chi connectivity index (χ0n) is 4.52. The number of aromatic nitrogens is 1. The molecule has 3 heteroatoms. The summed E-state index contributed by atoms with van der Waals surface area (Å²) in [4.78, 5) is 4.85. The minimum Gasteiger partial charge on any atom is -0.247 e. The largest absolute Gasteiger partial charge is 0.247 e. The third kappa shape index (κ3) is 1.04. The molecule has 0 radical (unpaired) electrons. The molecule has 0 fully saturated rings. The second-order valence-electron chi connectivity index (χ2n) is 1.50. The summed E-state index contributed by atoms with van der Waals surface area (Å²) in [6.07, 6.45) is 1.68. The van der Waals surface area contributed by atoms with Crippen LogP contribution in [0.15, 0.2) is 6.20 Å². The summed E-state index contributed by atoms with van der Waals surface area (Å²) in [6.45, 7) is 1.48. The molecule has 0 unspecified atom stereocenters. The van der Waals surface area contributed by atoms with Crippen molar-refractivity contribution in [2.75, 3.05) is 0 Å². The number of aryl methyl sites for hydroxylation is 1. The first-order chi connectivity index (χ1) is 3.83. The van der Waals surface area contributed by atoms with Crippen LogP contribution in [0.1, 0.15) is 9.88 Å². The van der Waals surface area contributed by atoms with Gasteiger partial charge in [0, 0.05) is 11.1 Å². The molecular formula is C5H6FNS. The fraction of sp³-hybridized carbons (Fsp3) is 0.400. The molecule has 0 aromatic carbocycles. The van der Waals surface area contributed by atoms with Gasteiger partial charge in [-0.15, -0.1) is 11.3 Å². The number of alkyl halides is 1. The maximum absolute atomic E-state index is 11.7. The summed E-state index contributed by atoms with van der Waals surface area (Å²) in [7, 11) is 0. The van der Waals surface area contributed by atoms with Gasteiger partial charge in [-0.2, -0.15) is 0 Å². The third-order valence-electron chi connectivity index (χ3n) is 0.783. The standard InChI is InChI=1S/C5H6FNS/c1-4-3-7-5(2-6)8-4/h3H,2H2,1H3. The van der Waals surface area contributed by atoms with Crippen LogP contribution < -0.4 is 0 Å². The number of hydrogen-bond donors (Lipinski definition) is 0. The molecule has 1 aromatic rings. The monoisotopic (exact) mass is 131 g/mol. The Morgan fingerprint density at radius 1 is 1.88 bits per heavy atom. The smallest absolute Gasteiger partial charge is 0.141 e. The molecule has 0 N–H and O–H groups in total. The molecule has 1 nitrogen and oxygen atoms in total. The Kier molecular flexibility index (Phi) is 1.58. The molecule has 0 bridgehead atoms. The Hall–Kier alpha value is -0.440. The molecular weight excluding hydrogens is 125 g/mol. The van der Waals surface area contributed by atoms with Crippen LogP contribution >= 0.6 is 11.3 Å². The molecule has 0 aliphatic rings. The Morgan fingerprint density at radius 2 is 2.62 bits per heavy atom. The lowest BCUT2D eigenvalue weighted by atomic mass is 10.6. The number of thiazole rings is 1. The average molecular weight is 131 g/mol. The van der Waals surface area contributed by atoms with Crippen molar-refractivity contribution in [3.8, 4) is 0 Å². The fourth-order valence-electron chi connectivity index (χ4n) is 0.463. The number of nitrogens with zero attached hydrogens (tertiary/aromatic N) is 1. The van der Waals surface area contributed by atoms with Crippen molar-refractivity contribution in [1.82, 2.24) is 4.98 Å². The minimum absolute atomic E-state index is 0.432. The Morgan fingerprint density at radius 3 is 2.88 bits per heavy atom. The second kappa shape index (κ2) is 2.22. The zero-order chi connectivity index (χ0) is 5.98. The van der Waals surface area contributed by atoms with Gasteiger partial charge in [0.2, 0.25) is 0 Å². The minimum atomic E-state index is -0.432. The Bertz CT molecular complexity index is 173. The van der Waals surface area contributed by atoms with Gasteiger partial charge >= 0.3 is 0 Å². The van der Waals surface area contributed by atoms with E-state index in [1.165, 1.54) is 11.3 Å². The highest BCUT2D eigenvalue weighted by atomic mass is 32.1. The maximum atomic E-state index is 11.7. The first-order valence-corrected chi connectivity index (χ1v) is 3.12. The summed E-state index contributed by atoms with van der Waals surface area (Å²) in [6, 6.07) is 0. The second-order valence-corrected chi connectivity index (χ2v) is 2.82. The van der Waals surface area contributed by atoms with Gasteiger partial charge in [0.15, 0.2) is 0 Å². The van der Waals surface area contributed by atoms with E-state index in [2.05, 4.69) is 4.98 Å². The van der Waals surface area contributed by atoms with Crippen LogP contribution in [-0.4, -0.2) is 4.98 Å². The highest BCUT2D eigenvalue weighted by Crippen LogP contribution is 2.11. The lowest BCUT2D eigenvalue weighted by Gasteiger charge is -1.75. The molecule has 1 aromatic heterocycles. The van der Waals surface area contributed by atoms with Crippen LogP contribution in [0.4, 0.5) is 4.39 Å². The molecule has 0 aliphatic heterocycles. The van der Waals surface area contributed by atoms with Crippen LogP contribution in [0.5, 0.6) is 0 Å². The van der Waals surface area contributed by atoms with Crippen molar-refractivity contribution in [2.45, 2.75) is 13.6 Å². The lowest BCUT2D eigenvalue weighted by molar-refractivity contribution is 0.483. The van der Waals surface area contributed by atoms with E-state index in [0.29, 0.717) is 5.01 Å². The molecule has 0 saturated carbocycles. The Balaban J connectivity index is 2.84. The van der Waals surface area contributed by atoms with E-state index in [1.54, 1.807) is 6.20 Å². The summed E-state index contributed by atoms with van der Waals surface area (Å²) in [5.74, 6) is 0. The summed E-state index contributed by atoms with van der Waals surface area (Å²) < 4.78 is 11.7. The molecule has 0 amide bonds. The van der Waals surface area contributed by atoms with E-state index < -0.39 is 6.67 Å². The quantitative estimate of drug-likeness (QED) is 0.567. The van der Waals surface area contributed by atoms with Crippen LogP contribution in [0, 0.1) is 6.92 Å². The van der Waals surface area contributed by atoms with Gasteiger partial charge in [0.1, 0.15) is 11.7 Å². The van der Waals surface area contributed by atoms with Gasteiger partial charge in [-0.25, -0.2) is 9.37 Å². The van der Waals surface area contributed by atoms with Crippen molar-refractivity contribution >= 4 is 11.3 Å². The molecule has 0 aliphatic carbocycles. The highest BCUT2D eigenvalue weighted by Gasteiger charge is 1.93. The van der Waals surface area contributed by atoms with E-state index in [1.807, 2.05) is 6.92 Å². The van der Waals surface area contributed by atoms with Crippen molar-refractivity contribution in [3.05, 3.63) is 16.1 Å². The SMILES string of the molecule is Cc1cnc(CF)s1. The van der Waals surface area contributed by atoms with Crippen LogP contribution in [-0.2, 0) is 6.67 Å². The van der Waals surface area contributed by atoms with Crippen molar-refractivity contribution in [2.24, 2.45) is 0 Å². The average Bonchev–Trinajstić information content (AvgIpc) is 2.14. The summed E-state index contributed by atoms with van der Waals surface area (Å²) >= 11 is 1.40. The zero-order valence-corrected chi connectivity index (χ0v) is 5.33. The van der Waals surface area contributed by atoms with E-state index in [0.717, 1.165) is 4.88 Å². The Labute approximate surface area is 51.2 Å². The maximum Gasteiger partial charge on any atom is 0.141 e. The van der Waals surface area contributed by atoms with Crippen molar-refractivity contribution in [3.63, 3.8) is 0 Å². The van der Waals surface area contributed by atoms with Crippen molar-refractivity contribution in [1.29, 1.82) is 0 Å². The van der Waals surface area contributed by atoms with Gasteiger partial charge in [-0.3, -0.25) is 0 Å². The highest BCUT2D eigenvalue weighted by molar-refractivity contribution is 7.11. The van der Waals surface area contributed by atoms with E-state index in [9.17, 15) is 4.39 Å². The van der Waals surface area contributed by atoms with Crippen LogP contribution in [0.3, 0.4) is 0 Å². The molecule has 1 rings (SSSR count). The third-order valence-corrected chi connectivity index (χ3v) is 1.66. The van der Waals surface area contributed by atoms with Gasteiger partial charge in [0.05, 0.1) is 0 Å². The lowest BCUT2D eigenvalue weighted by Crippen LogP contribution is -1.68. The molecule has 0 saturated heterocycles. The summed E-state index contributed by atoms with van der Waals surface area (Å²) in [5.41, 5.74) is 0. The predicted octanol–water partition coefficient (Wildman–Crippen LogP) is 1.92. The van der Waals surface area contributed by atoms with Gasteiger partial charge < -0.3 is 0 Å². The normalized spacial score (nSPS) is 9.75. The first kappa shape index (κ1) is 5.69. The molecule has 1 heterocycles. The van der Waals surface area contributed by atoms with Gasteiger partial charge in [-0.05, 0) is 6.92 Å². The van der Waals surface area contributed by atoms with E-state index in [4.69, 9.17) is 0 Å². The molecule has 0 atom stereocenters. The van der Waals surface area contributed by atoms with Crippen LogP contribution in [0.2, 0.25) is 0 Å². The van der Waals surface area contributed by atoms with E-state index in [-0.39, 0.29) is 0 Å². The fourth-order valence-corrected chi connectivity index (χ4v) is 1.10. The summed E-state index contributed by atoms with van der Waals surface area (Å²) in [5, 5.41) is 0.572. The van der Waals surface area contributed by atoms with Gasteiger partial charge in [0.25, 0.3) is 0 Å². The van der Waals surface area contributed by atoms with Gasteiger partial charge in [-0.1, -0.05) is 0 Å². The number of hydrogen-bond acceptors (Lipinski definition) is 2. The number of halogens is 1. The molecule has 8 heavy (non-hydrogen) atoms. The van der Waals surface area contributed by atoms with Crippen molar-refractivity contribution < 1.29 is 4.39 Å². The first-order valence-electron chi connectivity index (χ1n) is 2.30.